The van der Waals surface area contributed by atoms with Gasteiger partial charge in [-0.3, -0.25) is 4.79 Å². The number of nitrogens with zero attached hydrogens (tertiary/aromatic N) is 1. The Balaban J connectivity index is 2.07. The first kappa shape index (κ1) is 14.7. The molecule has 0 bridgehead atoms. The van der Waals surface area contributed by atoms with Crippen LogP contribution in [0, 0.1) is 0 Å². The number of phenolic OH excluding ortho intramolecular Hbond substituents is 1. The molecule has 1 aromatic rings. The number of hydrogen-bond acceptors (Lipinski definition) is 4. The third-order valence-electron chi connectivity index (χ3n) is 3.93. The van der Waals surface area contributed by atoms with E-state index in [0.717, 1.165) is 31.2 Å². The third kappa shape index (κ3) is 2.88. The summed E-state index contributed by atoms with van der Waals surface area (Å²) >= 11 is 0. The van der Waals surface area contributed by atoms with Crippen LogP contribution in [0.1, 0.15) is 31.2 Å². The molecule has 2 rings (SSSR count). The molecule has 0 unspecified atom stereocenters. The molecule has 20 heavy (non-hydrogen) atoms. The van der Waals surface area contributed by atoms with E-state index in [1.165, 1.54) is 7.11 Å². The van der Waals surface area contributed by atoms with Crippen molar-refractivity contribution in [1.29, 1.82) is 0 Å². The molecule has 0 aliphatic heterocycles. The largest absolute Gasteiger partial charge is 0.504 e. The highest BCUT2D eigenvalue weighted by Crippen LogP contribution is 2.30. The van der Waals surface area contributed by atoms with Crippen molar-refractivity contribution in [3.63, 3.8) is 0 Å². The molecule has 110 valence electrons. The molecule has 1 aliphatic rings. The maximum absolute atomic E-state index is 12.4. The van der Waals surface area contributed by atoms with Gasteiger partial charge in [0.2, 0.25) is 5.91 Å². The fourth-order valence-electron chi connectivity index (χ4n) is 2.77. The topological polar surface area (TPSA) is 75.8 Å². The third-order valence-corrected chi connectivity index (χ3v) is 3.93. The fraction of sp³-hybridized carbons (Fsp3) is 0.533. The highest BCUT2D eigenvalue weighted by atomic mass is 16.5. The van der Waals surface area contributed by atoms with E-state index >= 15 is 0 Å². The number of benzene rings is 1. The van der Waals surface area contributed by atoms with Gasteiger partial charge in [-0.15, -0.1) is 0 Å². The number of likely N-dealkylation sites (N-methyl/N-ethyl adjacent to an activating group) is 1. The molecule has 0 heterocycles. The zero-order valence-corrected chi connectivity index (χ0v) is 12.1. The molecule has 0 spiro atoms. The Bertz CT molecular complexity index is 496. The number of aromatic hydroxyl groups is 1. The lowest BCUT2D eigenvalue weighted by Gasteiger charge is -2.28. The first-order valence-corrected chi connectivity index (χ1v) is 6.86. The standard InChI is InChI=1S/C15H22N2O3/c1-17(14(19)15(16)7-3-4-8-15)10-11-5-6-12(18)13(9-11)20-2/h5-6,9,18H,3-4,7-8,10,16H2,1-2H3. The minimum Gasteiger partial charge on any atom is -0.504 e. The number of hydrogen-bond donors (Lipinski definition) is 2. The van der Waals surface area contributed by atoms with Gasteiger partial charge in [-0.1, -0.05) is 18.9 Å². The molecular formula is C15H22N2O3. The molecule has 3 N–H and O–H groups in total. The van der Waals surface area contributed by atoms with Crippen LogP contribution in [0.3, 0.4) is 0 Å². The van der Waals surface area contributed by atoms with Crippen molar-refractivity contribution in [3.05, 3.63) is 23.8 Å². The monoisotopic (exact) mass is 278 g/mol. The smallest absolute Gasteiger partial charge is 0.242 e. The summed E-state index contributed by atoms with van der Waals surface area (Å²) in [5.41, 5.74) is 6.38. The molecule has 5 nitrogen and oxygen atoms in total. The number of ether oxygens (including phenoxy) is 1. The van der Waals surface area contributed by atoms with Crippen LogP contribution in [0.2, 0.25) is 0 Å². The highest BCUT2D eigenvalue weighted by molar-refractivity contribution is 5.86. The summed E-state index contributed by atoms with van der Waals surface area (Å²) in [4.78, 5) is 14.1. The average Bonchev–Trinajstić information content (AvgIpc) is 2.88. The number of nitrogens with two attached hydrogens (primary N) is 1. The maximum atomic E-state index is 12.4. The number of carbonyl (C=O) groups excluding carboxylic acids is 1. The van der Waals surface area contributed by atoms with Crippen LogP contribution in [0.5, 0.6) is 11.5 Å². The normalized spacial score (nSPS) is 16.9. The zero-order valence-electron chi connectivity index (χ0n) is 12.1. The van der Waals surface area contributed by atoms with E-state index in [9.17, 15) is 9.90 Å². The molecule has 1 aliphatic carbocycles. The Morgan fingerprint density at radius 1 is 1.45 bits per heavy atom. The molecule has 1 fully saturated rings. The summed E-state index contributed by atoms with van der Waals surface area (Å²) in [7, 11) is 3.26. The fourth-order valence-corrected chi connectivity index (χ4v) is 2.77. The second-order valence-electron chi connectivity index (χ2n) is 5.53. The summed E-state index contributed by atoms with van der Waals surface area (Å²) in [6.45, 7) is 0.453. The van der Waals surface area contributed by atoms with Gasteiger partial charge in [0.1, 0.15) is 0 Å². The van der Waals surface area contributed by atoms with Gasteiger partial charge >= 0.3 is 0 Å². The Labute approximate surface area is 119 Å². The summed E-state index contributed by atoms with van der Waals surface area (Å²) in [6, 6.07) is 5.08. The van der Waals surface area contributed by atoms with Crippen LogP contribution in [-0.4, -0.2) is 35.6 Å². The first-order valence-electron chi connectivity index (χ1n) is 6.86. The lowest BCUT2D eigenvalue weighted by atomic mass is 9.97. The number of methoxy groups -OCH3 is 1. The van der Waals surface area contributed by atoms with Gasteiger partial charge in [0.15, 0.2) is 11.5 Å². The average molecular weight is 278 g/mol. The predicted octanol–water partition coefficient (Wildman–Crippen LogP) is 1.63. The van der Waals surface area contributed by atoms with Crippen molar-refractivity contribution in [2.75, 3.05) is 14.2 Å². The van der Waals surface area contributed by atoms with Gasteiger partial charge in [0, 0.05) is 13.6 Å². The lowest BCUT2D eigenvalue weighted by molar-refractivity contribution is -0.136. The van der Waals surface area contributed by atoms with Crippen molar-refractivity contribution < 1.29 is 14.6 Å². The second-order valence-corrected chi connectivity index (χ2v) is 5.53. The highest BCUT2D eigenvalue weighted by Gasteiger charge is 2.38. The van der Waals surface area contributed by atoms with Crippen LogP contribution >= 0.6 is 0 Å². The Morgan fingerprint density at radius 3 is 2.70 bits per heavy atom. The first-order chi connectivity index (χ1) is 9.46. The van der Waals surface area contributed by atoms with Crippen LogP contribution < -0.4 is 10.5 Å². The maximum Gasteiger partial charge on any atom is 0.242 e. The zero-order chi connectivity index (χ0) is 14.8. The van der Waals surface area contributed by atoms with Crippen molar-refractivity contribution in [2.45, 2.75) is 37.8 Å². The van der Waals surface area contributed by atoms with E-state index in [1.54, 1.807) is 30.1 Å². The van der Waals surface area contributed by atoms with Crippen LogP contribution in [0.4, 0.5) is 0 Å². The number of rotatable bonds is 4. The Morgan fingerprint density at radius 2 is 2.10 bits per heavy atom. The molecule has 5 heteroatoms. The molecule has 0 atom stereocenters. The van der Waals surface area contributed by atoms with Gasteiger partial charge < -0.3 is 20.5 Å². The quantitative estimate of drug-likeness (QED) is 0.877. The number of amides is 1. The summed E-state index contributed by atoms with van der Waals surface area (Å²) in [6.07, 6.45) is 3.55. The van der Waals surface area contributed by atoms with E-state index < -0.39 is 5.54 Å². The number of carbonyl (C=O) groups is 1. The Hall–Kier alpha value is -1.75. The van der Waals surface area contributed by atoms with Gasteiger partial charge in [-0.2, -0.15) is 0 Å². The van der Waals surface area contributed by atoms with Crippen molar-refractivity contribution in [2.24, 2.45) is 5.73 Å². The molecule has 1 aromatic carbocycles. The minimum atomic E-state index is -0.699. The molecule has 1 saturated carbocycles. The van der Waals surface area contributed by atoms with Gasteiger partial charge in [-0.05, 0) is 30.5 Å². The van der Waals surface area contributed by atoms with E-state index in [-0.39, 0.29) is 11.7 Å². The van der Waals surface area contributed by atoms with Gasteiger partial charge in [0.05, 0.1) is 12.6 Å². The Kier molecular flexibility index (Phi) is 4.18. The molecule has 0 radical (unpaired) electrons. The molecular weight excluding hydrogens is 256 g/mol. The van der Waals surface area contributed by atoms with Crippen molar-refractivity contribution in [1.82, 2.24) is 4.90 Å². The summed E-state index contributed by atoms with van der Waals surface area (Å²) < 4.78 is 5.07. The van der Waals surface area contributed by atoms with Gasteiger partial charge in [-0.25, -0.2) is 0 Å². The van der Waals surface area contributed by atoms with Crippen molar-refractivity contribution >= 4 is 5.91 Å². The van der Waals surface area contributed by atoms with Crippen LogP contribution in [-0.2, 0) is 11.3 Å². The van der Waals surface area contributed by atoms with E-state index in [1.807, 2.05) is 0 Å². The molecule has 1 amide bonds. The van der Waals surface area contributed by atoms with Crippen LogP contribution in [0.15, 0.2) is 18.2 Å². The van der Waals surface area contributed by atoms with Crippen molar-refractivity contribution in [3.8, 4) is 11.5 Å². The van der Waals surface area contributed by atoms with Crippen LogP contribution in [0.25, 0.3) is 0 Å². The predicted molar refractivity (Wildman–Crippen MR) is 76.5 cm³/mol. The number of phenols is 1. The molecule has 0 saturated heterocycles. The lowest BCUT2D eigenvalue weighted by Crippen LogP contribution is -2.52. The van der Waals surface area contributed by atoms with E-state index in [2.05, 4.69) is 0 Å². The summed E-state index contributed by atoms with van der Waals surface area (Å²) in [5, 5.41) is 9.57. The van der Waals surface area contributed by atoms with Gasteiger partial charge in [0.25, 0.3) is 0 Å². The second kappa shape index (κ2) is 5.71. The summed E-state index contributed by atoms with van der Waals surface area (Å²) in [5.74, 6) is 0.491. The van der Waals surface area contributed by atoms with E-state index in [4.69, 9.17) is 10.5 Å². The minimum absolute atomic E-state index is 0.0120. The SMILES string of the molecule is COc1cc(CN(C)C(=O)C2(N)CCCC2)ccc1O. The van der Waals surface area contributed by atoms with E-state index in [0.29, 0.717) is 12.3 Å². The molecule has 0 aromatic heterocycles.